The second-order valence-electron chi connectivity index (χ2n) is 7.34. The van der Waals surface area contributed by atoms with Crippen LogP contribution >= 0.6 is 0 Å². The van der Waals surface area contributed by atoms with Crippen molar-refractivity contribution in [2.24, 2.45) is 0 Å². The molecule has 1 fully saturated rings. The number of nitrogens with zero attached hydrogens (tertiary/aromatic N) is 3. The zero-order chi connectivity index (χ0) is 20.4. The summed E-state index contributed by atoms with van der Waals surface area (Å²) in [6.45, 7) is 3.28. The van der Waals surface area contributed by atoms with E-state index in [1.54, 1.807) is 21.3 Å². The number of fused-ring (bicyclic) bond motifs is 1. The number of rotatable bonds is 5. The minimum Gasteiger partial charge on any atom is -0.493 e. The quantitative estimate of drug-likeness (QED) is 0.626. The lowest BCUT2D eigenvalue weighted by molar-refractivity contribution is 0.324. The highest BCUT2D eigenvalue weighted by atomic mass is 16.5. The van der Waals surface area contributed by atoms with E-state index in [1.165, 1.54) is 19.3 Å². The first-order valence-electron chi connectivity index (χ1n) is 10.00. The second kappa shape index (κ2) is 8.15. The van der Waals surface area contributed by atoms with Gasteiger partial charge in [-0.2, -0.15) is 0 Å². The zero-order valence-electron chi connectivity index (χ0n) is 17.4. The normalized spacial score (nSPS) is 16.7. The van der Waals surface area contributed by atoms with E-state index in [0.29, 0.717) is 29.1 Å². The Morgan fingerprint density at radius 2 is 1.66 bits per heavy atom. The molecular formula is C23H27N3O3. The highest BCUT2D eigenvalue weighted by molar-refractivity contribution is 5.91. The van der Waals surface area contributed by atoms with E-state index in [9.17, 15) is 0 Å². The number of piperidine rings is 1. The first-order valence-corrected chi connectivity index (χ1v) is 10.00. The van der Waals surface area contributed by atoms with Gasteiger partial charge in [-0.15, -0.1) is 0 Å². The minimum absolute atomic E-state index is 0.454. The molecule has 0 spiro atoms. The molecule has 0 saturated carbocycles. The van der Waals surface area contributed by atoms with Crippen molar-refractivity contribution >= 4 is 16.7 Å². The zero-order valence-corrected chi connectivity index (χ0v) is 17.4. The molecule has 0 radical (unpaired) electrons. The molecule has 152 valence electrons. The summed E-state index contributed by atoms with van der Waals surface area (Å²) < 4.78 is 16.5. The average Bonchev–Trinajstić information content (AvgIpc) is 2.77. The van der Waals surface area contributed by atoms with Crippen LogP contribution in [0.3, 0.4) is 0 Å². The summed E-state index contributed by atoms with van der Waals surface area (Å²) in [5, 5.41) is 1.08. The van der Waals surface area contributed by atoms with Gasteiger partial charge in [-0.05, 0) is 50.5 Å². The van der Waals surface area contributed by atoms with Crippen molar-refractivity contribution in [2.75, 3.05) is 32.8 Å². The molecule has 0 bridgehead atoms. The van der Waals surface area contributed by atoms with Gasteiger partial charge in [-0.1, -0.05) is 12.1 Å². The Hall–Kier alpha value is -3.02. The van der Waals surface area contributed by atoms with Gasteiger partial charge in [-0.25, -0.2) is 9.97 Å². The number of hydrogen-bond donors (Lipinski definition) is 0. The highest BCUT2D eigenvalue weighted by Gasteiger charge is 2.23. The van der Waals surface area contributed by atoms with Crippen LogP contribution in [0.2, 0.25) is 0 Å². The molecule has 1 unspecified atom stereocenters. The molecule has 3 aromatic rings. The maximum absolute atomic E-state index is 5.52. The lowest BCUT2D eigenvalue weighted by atomic mass is 10.0. The number of ether oxygens (including phenoxy) is 3. The maximum atomic E-state index is 5.52. The molecular weight excluding hydrogens is 366 g/mol. The van der Waals surface area contributed by atoms with Gasteiger partial charge in [0.15, 0.2) is 17.3 Å². The van der Waals surface area contributed by atoms with E-state index >= 15 is 0 Å². The van der Waals surface area contributed by atoms with E-state index in [2.05, 4.69) is 17.9 Å². The molecule has 1 saturated heterocycles. The van der Waals surface area contributed by atoms with Crippen LogP contribution in [0.1, 0.15) is 26.2 Å². The summed E-state index contributed by atoms with van der Waals surface area (Å²) in [6.07, 6.45) is 3.63. The van der Waals surface area contributed by atoms with Crippen LogP contribution < -0.4 is 19.1 Å². The van der Waals surface area contributed by atoms with Crippen LogP contribution in [-0.4, -0.2) is 43.9 Å². The number of anilines is 1. The molecule has 1 aliphatic rings. The monoisotopic (exact) mass is 393 g/mol. The van der Waals surface area contributed by atoms with Crippen molar-refractivity contribution in [3.05, 3.63) is 36.4 Å². The number of benzene rings is 2. The molecule has 4 rings (SSSR count). The standard InChI is InChI=1S/C23H27N3O3/c1-15-9-7-8-12-26(15)23-17-10-5-6-11-18(17)24-22(25-23)16-13-19(27-2)21(29-4)20(14-16)28-3/h5-6,10-11,13-15H,7-9,12H2,1-4H3. The number of hydrogen-bond acceptors (Lipinski definition) is 6. The summed E-state index contributed by atoms with van der Waals surface area (Å²) in [6, 6.07) is 12.4. The van der Waals surface area contributed by atoms with Crippen LogP contribution in [0.4, 0.5) is 5.82 Å². The molecule has 0 amide bonds. The third kappa shape index (κ3) is 3.55. The molecule has 6 nitrogen and oxygen atoms in total. The van der Waals surface area contributed by atoms with Crippen LogP contribution in [0, 0.1) is 0 Å². The van der Waals surface area contributed by atoms with Gasteiger partial charge in [0, 0.05) is 23.5 Å². The van der Waals surface area contributed by atoms with E-state index in [1.807, 2.05) is 30.3 Å². The first kappa shape index (κ1) is 19.3. The third-order valence-corrected chi connectivity index (χ3v) is 5.58. The van der Waals surface area contributed by atoms with Gasteiger partial charge in [0.05, 0.1) is 26.8 Å². The lowest BCUT2D eigenvalue weighted by Gasteiger charge is -2.35. The summed E-state index contributed by atoms with van der Waals surface area (Å²) in [7, 11) is 4.83. The van der Waals surface area contributed by atoms with Gasteiger partial charge in [-0.3, -0.25) is 0 Å². The second-order valence-corrected chi connectivity index (χ2v) is 7.34. The Morgan fingerprint density at radius 1 is 0.931 bits per heavy atom. The number of methoxy groups -OCH3 is 3. The third-order valence-electron chi connectivity index (χ3n) is 5.58. The van der Waals surface area contributed by atoms with Gasteiger partial charge in [0.2, 0.25) is 5.75 Å². The molecule has 1 aromatic heterocycles. The molecule has 1 aliphatic heterocycles. The molecule has 1 atom stereocenters. The molecule has 29 heavy (non-hydrogen) atoms. The molecule has 0 N–H and O–H groups in total. The van der Waals surface area contributed by atoms with Crippen molar-refractivity contribution in [2.45, 2.75) is 32.2 Å². The fraction of sp³-hybridized carbons (Fsp3) is 0.391. The van der Waals surface area contributed by atoms with Gasteiger partial charge < -0.3 is 19.1 Å². The minimum atomic E-state index is 0.454. The summed E-state index contributed by atoms with van der Waals surface area (Å²) in [5.41, 5.74) is 1.76. The Kier molecular flexibility index (Phi) is 5.43. The van der Waals surface area contributed by atoms with Crippen LogP contribution in [0.25, 0.3) is 22.3 Å². The highest BCUT2D eigenvalue weighted by Crippen LogP contribution is 2.41. The smallest absolute Gasteiger partial charge is 0.203 e. The summed E-state index contributed by atoms with van der Waals surface area (Å²) >= 11 is 0. The van der Waals surface area contributed by atoms with E-state index in [0.717, 1.165) is 28.8 Å². The van der Waals surface area contributed by atoms with E-state index in [-0.39, 0.29) is 0 Å². The fourth-order valence-electron chi connectivity index (χ4n) is 4.03. The summed E-state index contributed by atoms with van der Waals surface area (Å²) in [4.78, 5) is 12.3. The Bertz CT molecular complexity index is 996. The summed E-state index contributed by atoms with van der Waals surface area (Å²) in [5.74, 6) is 3.38. The lowest BCUT2D eigenvalue weighted by Crippen LogP contribution is -2.38. The SMILES string of the molecule is COc1cc(-c2nc(N3CCCCC3C)c3ccccc3n2)cc(OC)c1OC. The Morgan fingerprint density at radius 3 is 2.31 bits per heavy atom. The molecule has 2 heterocycles. The van der Waals surface area contributed by atoms with Gasteiger partial charge >= 0.3 is 0 Å². The van der Waals surface area contributed by atoms with Gasteiger partial charge in [0.1, 0.15) is 5.82 Å². The fourth-order valence-corrected chi connectivity index (χ4v) is 4.03. The largest absolute Gasteiger partial charge is 0.493 e. The molecule has 2 aromatic carbocycles. The van der Waals surface area contributed by atoms with Crippen molar-refractivity contribution < 1.29 is 14.2 Å². The topological polar surface area (TPSA) is 56.7 Å². The Labute approximate surface area is 171 Å². The number of aromatic nitrogens is 2. The number of para-hydroxylation sites is 1. The van der Waals surface area contributed by atoms with Gasteiger partial charge in [0.25, 0.3) is 0 Å². The van der Waals surface area contributed by atoms with Crippen molar-refractivity contribution in [1.29, 1.82) is 0 Å². The van der Waals surface area contributed by atoms with Crippen LogP contribution in [0.5, 0.6) is 17.2 Å². The first-order chi connectivity index (χ1) is 14.2. The average molecular weight is 393 g/mol. The van der Waals surface area contributed by atoms with E-state index < -0.39 is 0 Å². The molecule has 0 aliphatic carbocycles. The van der Waals surface area contributed by atoms with Crippen LogP contribution in [-0.2, 0) is 0 Å². The van der Waals surface area contributed by atoms with Crippen LogP contribution in [0.15, 0.2) is 36.4 Å². The predicted molar refractivity (Wildman–Crippen MR) is 115 cm³/mol. The van der Waals surface area contributed by atoms with Crippen molar-refractivity contribution in [3.8, 4) is 28.6 Å². The molecule has 6 heteroatoms. The maximum Gasteiger partial charge on any atom is 0.203 e. The van der Waals surface area contributed by atoms with Crippen molar-refractivity contribution in [1.82, 2.24) is 9.97 Å². The predicted octanol–water partition coefficient (Wildman–Crippen LogP) is 4.70. The van der Waals surface area contributed by atoms with E-state index in [4.69, 9.17) is 24.2 Å². The Balaban J connectivity index is 1.91. The van der Waals surface area contributed by atoms with Crippen molar-refractivity contribution in [3.63, 3.8) is 0 Å².